The quantitative estimate of drug-likeness (QED) is 0.455. The van der Waals surface area contributed by atoms with Gasteiger partial charge >= 0.3 is 12.2 Å². The van der Waals surface area contributed by atoms with Crippen LogP contribution in [-0.2, 0) is 6.18 Å². The topological polar surface area (TPSA) is 31.7 Å². The summed E-state index contributed by atoms with van der Waals surface area (Å²) in [5.41, 5.74) is 1.62. The van der Waals surface area contributed by atoms with Crippen LogP contribution in [0.3, 0.4) is 0 Å². The van der Waals surface area contributed by atoms with Crippen molar-refractivity contribution in [3.8, 4) is 5.69 Å². The number of urea groups is 1. The number of alkyl halides is 3. The highest BCUT2D eigenvalue weighted by Crippen LogP contribution is 2.39. The SMILES string of the molecule is CN1CCN(CCN2CCC(c3cn(-c4ccc(F)cc4)c4ccc(C(F)(F)F)cc34)CC2)C1=O. The van der Waals surface area contributed by atoms with Crippen molar-refractivity contribution in [2.75, 3.05) is 46.3 Å². The molecule has 0 N–H and O–H groups in total. The van der Waals surface area contributed by atoms with Crippen LogP contribution in [0.25, 0.3) is 16.6 Å². The summed E-state index contributed by atoms with van der Waals surface area (Å²) in [4.78, 5) is 18.0. The van der Waals surface area contributed by atoms with E-state index in [1.54, 1.807) is 24.1 Å². The number of hydrogen-bond acceptors (Lipinski definition) is 2. The van der Waals surface area contributed by atoms with E-state index >= 15 is 0 Å². The van der Waals surface area contributed by atoms with E-state index in [1.807, 2.05) is 15.7 Å². The van der Waals surface area contributed by atoms with Crippen molar-refractivity contribution in [1.82, 2.24) is 19.3 Å². The lowest BCUT2D eigenvalue weighted by molar-refractivity contribution is -0.137. The molecule has 2 fully saturated rings. The van der Waals surface area contributed by atoms with Gasteiger partial charge in [0.25, 0.3) is 0 Å². The fourth-order valence-corrected chi connectivity index (χ4v) is 5.21. The summed E-state index contributed by atoms with van der Waals surface area (Å²) in [5, 5.41) is 0.591. The van der Waals surface area contributed by atoms with Crippen molar-refractivity contribution < 1.29 is 22.4 Å². The molecule has 2 saturated heterocycles. The molecule has 0 radical (unpaired) electrons. The van der Waals surface area contributed by atoms with Crippen LogP contribution in [0.5, 0.6) is 0 Å². The molecule has 0 spiro atoms. The predicted molar refractivity (Wildman–Crippen MR) is 126 cm³/mol. The Labute approximate surface area is 201 Å². The zero-order chi connectivity index (χ0) is 24.7. The second kappa shape index (κ2) is 9.18. The van der Waals surface area contributed by atoms with Gasteiger partial charge in [0.05, 0.1) is 11.1 Å². The summed E-state index contributed by atoms with van der Waals surface area (Å²) >= 11 is 0. The summed E-state index contributed by atoms with van der Waals surface area (Å²) < 4.78 is 55.8. The summed E-state index contributed by atoms with van der Waals surface area (Å²) in [5.74, 6) is -0.238. The third kappa shape index (κ3) is 4.74. The molecule has 0 unspecified atom stereocenters. The molecule has 5 nitrogen and oxygen atoms in total. The number of hydrogen-bond donors (Lipinski definition) is 0. The van der Waals surface area contributed by atoms with E-state index in [2.05, 4.69) is 4.90 Å². The molecule has 0 atom stereocenters. The van der Waals surface area contributed by atoms with E-state index in [4.69, 9.17) is 0 Å². The van der Waals surface area contributed by atoms with E-state index in [0.29, 0.717) is 23.1 Å². The van der Waals surface area contributed by atoms with Gasteiger partial charge in [-0.3, -0.25) is 0 Å². The fraction of sp³-hybridized carbons (Fsp3) is 0.423. The second-order valence-corrected chi connectivity index (χ2v) is 9.47. The number of carbonyl (C=O) groups is 1. The molecule has 0 aliphatic carbocycles. The molecule has 186 valence electrons. The van der Waals surface area contributed by atoms with Crippen molar-refractivity contribution in [3.05, 3.63) is 65.6 Å². The predicted octanol–water partition coefficient (Wildman–Crippen LogP) is 5.34. The number of likely N-dealkylation sites (tertiary alicyclic amines) is 1. The van der Waals surface area contributed by atoms with Gasteiger partial charge in [-0.15, -0.1) is 0 Å². The summed E-state index contributed by atoms with van der Waals surface area (Å²) in [6.07, 6.45) is -0.857. The van der Waals surface area contributed by atoms with Crippen molar-refractivity contribution in [1.29, 1.82) is 0 Å². The maximum absolute atomic E-state index is 13.5. The number of likely N-dealkylation sites (N-methyl/N-ethyl adjacent to an activating group) is 1. The van der Waals surface area contributed by atoms with Crippen molar-refractivity contribution in [3.63, 3.8) is 0 Å². The van der Waals surface area contributed by atoms with E-state index in [0.717, 1.165) is 57.2 Å². The molecule has 0 bridgehead atoms. The number of halogens is 4. The van der Waals surface area contributed by atoms with Crippen molar-refractivity contribution in [2.45, 2.75) is 24.9 Å². The molecular weight excluding hydrogens is 460 g/mol. The lowest BCUT2D eigenvalue weighted by Crippen LogP contribution is -2.40. The molecule has 0 saturated carbocycles. The minimum atomic E-state index is -4.42. The van der Waals surface area contributed by atoms with E-state index in [-0.39, 0.29) is 17.8 Å². The summed E-state index contributed by atoms with van der Waals surface area (Å²) in [6.45, 7) is 4.62. The van der Waals surface area contributed by atoms with Gasteiger partial charge in [-0.05, 0) is 79.9 Å². The normalized spacial score (nSPS) is 18.3. The molecule has 35 heavy (non-hydrogen) atoms. The Hall–Kier alpha value is -3.07. The van der Waals surface area contributed by atoms with Crippen LogP contribution in [-0.4, -0.2) is 71.6 Å². The lowest BCUT2D eigenvalue weighted by atomic mass is 9.89. The van der Waals surface area contributed by atoms with Crippen LogP contribution in [0.1, 0.15) is 29.9 Å². The molecule has 3 heterocycles. The van der Waals surface area contributed by atoms with Gasteiger partial charge in [-0.1, -0.05) is 0 Å². The molecule has 2 aromatic carbocycles. The van der Waals surface area contributed by atoms with Crippen LogP contribution in [0, 0.1) is 5.82 Å². The Bertz CT molecular complexity index is 1210. The lowest BCUT2D eigenvalue weighted by Gasteiger charge is -2.33. The maximum Gasteiger partial charge on any atom is 0.416 e. The number of fused-ring (bicyclic) bond motifs is 1. The second-order valence-electron chi connectivity index (χ2n) is 9.47. The monoisotopic (exact) mass is 488 g/mol. The first-order valence-electron chi connectivity index (χ1n) is 11.9. The zero-order valence-electron chi connectivity index (χ0n) is 19.6. The number of carbonyl (C=O) groups excluding carboxylic acids is 1. The third-order valence-corrected chi connectivity index (χ3v) is 7.28. The number of aromatic nitrogens is 1. The average Bonchev–Trinajstić information content (AvgIpc) is 3.38. The average molecular weight is 489 g/mol. The first-order valence-corrected chi connectivity index (χ1v) is 11.9. The molecule has 5 rings (SSSR count). The standard InChI is InChI=1S/C26H28F4N4O/c1-31-12-14-33(25(31)35)15-13-32-10-8-18(9-11-32)23-17-34(21-5-3-20(27)4-6-21)24-7-2-19(16-22(23)24)26(28,29)30/h2-7,16-18H,8-15H2,1H3. The number of piperidine rings is 1. The van der Waals surface area contributed by atoms with E-state index in [1.165, 1.54) is 24.3 Å². The third-order valence-electron chi connectivity index (χ3n) is 7.28. The Morgan fingerprint density at radius 3 is 2.29 bits per heavy atom. The summed E-state index contributed by atoms with van der Waals surface area (Å²) in [6, 6.07) is 9.89. The number of rotatable bonds is 5. The van der Waals surface area contributed by atoms with Gasteiger partial charge in [0.2, 0.25) is 0 Å². The van der Waals surface area contributed by atoms with Crippen LogP contribution in [0.15, 0.2) is 48.7 Å². The highest BCUT2D eigenvalue weighted by Gasteiger charge is 2.32. The first-order chi connectivity index (χ1) is 16.7. The maximum atomic E-state index is 13.5. The highest BCUT2D eigenvalue weighted by atomic mass is 19.4. The molecule has 3 aromatic rings. The van der Waals surface area contributed by atoms with Crippen LogP contribution < -0.4 is 0 Å². The van der Waals surface area contributed by atoms with Gasteiger partial charge in [-0.25, -0.2) is 9.18 Å². The largest absolute Gasteiger partial charge is 0.416 e. The fourth-order valence-electron chi connectivity index (χ4n) is 5.21. The molecule has 2 aliphatic heterocycles. The Morgan fingerprint density at radius 2 is 1.66 bits per heavy atom. The van der Waals surface area contributed by atoms with Crippen molar-refractivity contribution in [2.24, 2.45) is 0 Å². The van der Waals surface area contributed by atoms with Gasteiger partial charge in [-0.2, -0.15) is 13.2 Å². The zero-order valence-corrected chi connectivity index (χ0v) is 19.6. The van der Waals surface area contributed by atoms with E-state index in [9.17, 15) is 22.4 Å². The van der Waals surface area contributed by atoms with Crippen LogP contribution in [0.2, 0.25) is 0 Å². The van der Waals surface area contributed by atoms with Crippen molar-refractivity contribution >= 4 is 16.9 Å². The molecule has 1 aromatic heterocycles. The first kappa shape index (κ1) is 23.7. The van der Waals surface area contributed by atoms with Gasteiger partial charge in [0, 0.05) is 50.5 Å². The minimum Gasteiger partial charge on any atom is -0.326 e. The van der Waals surface area contributed by atoms with Gasteiger partial charge < -0.3 is 19.3 Å². The molecular formula is C26H28F4N4O. The smallest absolute Gasteiger partial charge is 0.326 e. The Balaban J connectivity index is 1.37. The Kier molecular flexibility index (Phi) is 6.21. The minimum absolute atomic E-state index is 0.0638. The van der Waals surface area contributed by atoms with Gasteiger partial charge in [0.1, 0.15) is 5.82 Å². The number of nitrogens with zero attached hydrogens (tertiary/aromatic N) is 4. The molecule has 2 aliphatic rings. The summed E-state index contributed by atoms with van der Waals surface area (Å²) in [7, 11) is 1.81. The van der Waals surface area contributed by atoms with Crippen LogP contribution in [0.4, 0.5) is 22.4 Å². The Morgan fingerprint density at radius 1 is 0.943 bits per heavy atom. The number of benzene rings is 2. The molecule has 9 heteroatoms. The molecule has 2 amide bonds. The van der Waals surface area contributed by atoms with Gasteiger partial charge in [0.15, 0.2) is 0 Å². The van der Waals surface area contributed by atoms with E-state index < -0.39 is 11.7 Å². The number of amides is 2. The van der Waals surface area contributed by atoms with Crippen LogP contribution >= 0.6 is 0 Å². The highest BCUT2D eigenvalue weighted by molar-refractivity contribution is 5.87.